The van der Waals surface area contributed by atoms with Gasteiger partial charge in [-0.25, -0.2) is 4.57 Å². The molecule has 26 heavy (non-hydrogen) atoms. The molecular formula is C16H25N2O7P. The standard InChI is InChI=1S/C16H25N2O7P/c1-5-6-11-24-26(23,17-16(4,12(2)3)15(19)20)25-14-9-7-13(8-10-14)18(21)22/h7-10,12H,5-6,11H2,1-4H3,(H,17,23)(H,19,20). The molecule has 0 saturated heterocycles. The van der Waals surface area contributed by atoms with E-state index < -0.39 is 30.1 Å². The van der Waals surface area contributed by atoms with Gasteiger partial charge in [0.25, 0.3) is 5.69 Å². The second kappa shape index (κ2) is 9.12. The fourth-order valence-corrected chi connectivity index (χ4v) is 3.74. The van der Waals surface area contributed by atoms with Gasteiger partial charge in [-0.2, -0.15) is 5.09 Å². The minimum Gasteiger partial charge on any atom is -0.480 e. The van der Waals surface area contributed by atoms with Gasteiger partial charge in [-0.05, 0) is 31.4 Å². The number of unbranched alkanes of at least 4 members (excludes halogenated alkanes) is 1. The third-order valence-electron chi connectivity index (χ3n) is 4.00. The molecule has 1 aromatic carbocycles. The van der Waals surface area contributed by atoms with Gasteiger partial charge in [-0.3, -0.25) is 19.4 Å². The van der Waals surface area contributed by atoms with Crippen LogP contribution in [0.25, 0.3) is 0 Å². The maximum Gasteiger partial charge on any atom is 0.459 e. The summed E-state index contributed by atoms with van der Waals surface area (Å²) in [6.45, 7) is 6.78. The summed E-state index contributed by atoms with van der Waals surface area (Å²) in [6, 6.07) is 4.96. The van der Waals surface area contributed by atoms with Gasteiger partial charge in [0.2, 0.25) is 0 Å². The third kappa shape index (κ3) is 5.79. The Morgan fingerprint density at radius 2 is 1.96 bits per heavy atom. The van der Waals surface area contributed by atoms with E-state index in [1.165, 1.54) is 31.2 Å². The van der Waals surface area contributed by atoms with Crippen molar-refractivity contribution in [1.29, 1.82) is 0 Å². The number of carbonyl (C=O) groups is 1. The van der Waals surface area contributed by atoms with Crippen LogP contribution in [-0.2, 0) is 13.9 Å². The van der Waals surface area contributed by atoms with Crippen LogP contribution in [0.3, 0.4) is 0 Å². The smallest absolute Gasteiger partial charge is 0.459 e. The summed E-state index contributed by atoms with van der Waals surface area (Å²) in [7, 11) is -4.04. The van der Waals surface area contributed by atoms with Crippen LogP contribution in [0.4, 0.5) is 5.69 Å². The van der Waals surface area contributed by atoms with Gasteiger partial charge in [0.05, 0.1) is 11.5 Å². The Labute approximate surface area is 152 Å². The van der Waals surface area contributed by atoms with Crippen molar-refractivity contribution in [2.75, 3.05) is 6.61 Å². The molecule has 0 aliphatic heterocycles. The van der Waals surface area contributed by atoms with E-state index in [0.717, 1.165) is 6.42 Å². The van der Waals surface area contributed by atoms with Crippen molar-refractivity contribution in [3.63, 3.8) is 0 Å². The minimum absolute atomic E-state index is 0.0689. The molecule has 1 rings (SSSR count). The average molecular weight is 388 g/mol. The molecule has 10 heteroatoms. The summed E-state index contributed by atoms with van der Waals surface area (Å²) < 4.78 is 23.9. The number of carboxylic acid groups (broad SMARTS) is 1. The van der Waals surface area contributed by atoms with E-state index in [1.807, 2.05) is 6.92 Å². The van der Waals surface area contributed by atoms with E-state index in [0.29, 0.717) is 6.42 Å². The van der Waals surface area contributed by atoms with Gasteiger partial charge in [0.15, 0.2) is 0 Å². The van der Waals surface area contributed by atoms with Gasteiger partial charge in [-0.15, -0.1) is 0 Å². The summed E-state index contributed by atoms with van der Waals surface area (Å²) >= 11 is 0. The number of hydrogen-bond donors (Lipinski definition) is 2. The number of benzene rings is 1. The Hall–Kier alpha value is -1.96. The number of hydrogen-bond acceptors (Lipinski definition) is 6. The number of nitro groups is 1. The Bertz CT molecular complexity index is 678. The van der Waals surface area contributed by atoms with Crippen molar-refractivity contribution >= 4 is 19.4 Å². The highest BCUT2D eigenvalue weighted by Gasteiger charge is 2.44. The number of non-ortho nitro benzene ring substituents is 1. The van der Waals surface area contributed by atoms with Crippen LogP contribution in [-0.4, -0.2) is 28.1 Å². The molecule has 0 bridgehead atoms. The topological polar surface area (TPSA) is 128 Å². The number of aliphatic carboxylic acids is 1. The molecule has 0 aliphatic carbocycles. The van der Waals surface area contributed by atoms with Crippen LogP contribution >= 0.6 is 7.75 Å². The Balaban J connectivity index is 3.10. The van der Waals surface area contributed by atoms with Crippen molar-refractivity contribution in [2.24, 2.45) is 5.92 Å². The molecule has 0 heterocycles. The van der Waals surface area contributed by atoms with Gasteiger partial charge in [-0.1, -0.05) is 27.2 Å². The van der Waals surface area contributed by atoms with Gasteiger partial charge in [0.1, 0.15) is 11.3 Å². The maximum atomic E-state index is 13.1. The number of nitro benzene ring substituents is 1. The van der Waals surface area contributed by atoms with E-state index >= 15 is 0 Å². The lowest BCUT2D eigenvalue weighted by Crippen LogP contribution is -2.52. The van der Waals surface area contributed by atoms with E-state index in [9.17, 15) is 24.6 Å². The third-order valence-corrected chi connectivity index (χ3v) is 5.71. The van der Waals surface area contributed by atoms with Crippen LogP contribution < -0.4 is 9.61 Å². The van der Waals surface area contributed by atoms with E-state index in [1.54, 1.807) is 13.8 Å². The fourth-order valence-electron chi connectivity index (χ4n) is 1.89. The van der Waals surface area contributed by atoms with Gasteiger partial charge < -0.3 is 9.63 Å². The predicted octanol–water partition coefficient (Wildman–Crippen LogP) is 3.99. The highest BCUT2D eigenvalue weighted by molar-refractivity contribution is 7.52. The predicted molar refractivity (Wildman–Crippen MR) is 96.2 cm³/mol. The van der Waals surface area contributed by atoms with Crippen molar-refractivity contribution in [3.8, 4) is 5.75 Å². The first-order valence-corrected chi connectivity index (χ1v) is 9.80. The van der Waals surface area contributed by atoms with Crippen molar-refractivity contribution in [1.82, 2.24) is 5.09 Å². The summed E-state index contributed by atoms with van der Waals surface area (Å²) in [4.78, 5) is 21.8. The molecule has 2 N–H and O–H groups in total. The molecule has 9 nitrogen and oxygen atoms in total. The molecule has 0 aliphatic rings. The second-order valence-corrected chi connectivity index (χ2v) is 7.96. The average Bonchev–Trinajstić information content (AvgIpc) is 2.55. The normalized spacial score (nSPS) is 15.9. The molecule has 2 unspecified atom stereocenters. The molecule has 0 spiro atoms. The van der Waals surface area contributed by atoms with Crippen molar-refractivity contribution in [3.05, 3.63) is 34.4 Å². The Morgan fingerprint density at radius 1 is 1.38 bits per heavy atom. The summed E-state index contributed by atoms with van der Waals surface area (Å²) in [5.41, 5.74) is -1.70. The minimum atomic E-state index is -4.04. The summed E-state index contributed by atoms with van der Waals surface area (Å²) in [6.07, 6.45) is 1.40. The van der Waals surface area contributed by atoms with Crippen LogP contribution in [0.5, 0.6) is 5.75 Å². The van der Waals surface area contributed by atoms with E-state index in [-0.39, 0.29) is 18.0 Å². The fraction of sp³-hybridized carbons (Fsp3) is 0.562. The summed E-state index contributed by atoms with van der Waals surface area (Å²) in [5.74, 6) is -1.54. The van der Waals surface area contributed by atoms with Gasteiger partial charge >= 0.3 is 13.7 Å². The molecule has 0 fully saturated rings. The van der Waals surface area contributed by atoms with Crippen LogP contribution in [0.15, 0.2) is 24.3 Å². The molecule has 0 aromatic heterocycles. The number of rotatable bonds is 11. The van der Waals surface area contributed by atoms with Crippen LogP contribution in [0.1, 0.15) is 40.5 Å². The van der Waals surface area contributed by atoms with Crippen molar-refractivity contribution < 1.29 is 28.4 Å². The highest BCUT2D eigenvalue weighted by atomic mass is 31.2. The number of nitrogens with zero attached hydrogens (tertiary/aromatic N) is 1. The Morgan fingerprint density at radius 3 is 2.38 bits per heavy atom. The highest BCUT2D eigenvalue weighted by Crippen LogP contribution is 2.47. The zero-order valence-corrected chi connectivity index (χ0v) is 16.2. The molecule has 2 atom stereocenters. The van der Waals surface area contributed by atoms with E-state index in [2.05, 4.69) is 5.09 Å². The van der Waals surface area contributed by atoms with Crippen LogP contribution in [0.2, 0.25) is 0 Å². The molecular weight excluding hydrogens is 363 g/mol. The molecule has 0 radical (unpaired) electrons. The van der Waals surface area contributed by atoms with E-state index in [4.69, 9.17) is 9.05 Å². The lowest BCUT2D eigenvalue weighted by Gasteiger charge is -2.33. The molecule has 146 valence electrons. The lowest BCUT2D eigenvalue weighted by atomic mass is 9.90. The van der Waals surface area contributed by atoms with Crippen LogP contribution in [0, 0.1) is 16.0 Å². The first-order valence-electron chi connectivity index (χ1n) is 8.25. The zero-order chi connectivity index (χ0) is 20.0. The molecule has 0 amide bonds. The first kappa shape index (κ1) is 22.1. The van der Waals surface area contributed by atoms with Crippen molar-refractivity contribution in [2.45, 2.75) is 46.1 Å². The number of carboxylic acids is 1. The Kier molecular flexibility index (Phi) is 7.74. The summed E-state index contributed by atoms with van der Waals surface area (Å²) in [5, 5.41) is 22.8. The molecule has 1 aromatic rings. The maximum absolute atomic E-state index is 13.1. The molecule has 0 saturated carbocycles. The number of nitrogens with one attached hydrogen (secondary N) is 1. The second-order valence-electron chi connectivity index (χ2n) is 6.30. The SMILES string of the molecule is CCCCOP(=O)(NC(C)(C(=O)O)C(C)C)Oc1ccc([N+](=O)[O-])cc1. The monoisotopic (exact) mass is 388 g/mol. The zero-order valence-electron chi connectivity index (χ0n) is 15.3. The first-order chi connectivity index (χ1) is 12.0. The largest absolute Gasteiger partial charge is 0.480 e. The lowest BCUT2D eigenvalue weighted by molar-refractivity contribution is -0.384. The van der Waals surface area contributed by atoms with Gasteiger partial charge in [0, 0.05) is 12.1 Å². The quantitative estimate of drug-likeness (QED) is 0.252.